The van der Waals surface area contributed by atoms with E-state index in [1.54, 1.807) is 12.1 Å². The molecule has 1 aromatic carbocycles. The molecule has 1 N–H and O–H groups in total. The van der Waals surface area contributed by atoms with Crippen LogP contribution in [0.3, 0.4) is 0 Å². The third kappa shape index (κ3) is 3.99. The van der Waals surface area contributed by atoms with E-state index in [4.69, 9.17) is 23.2 Å². The fraction of sp³-hybridized carbons (Fsp3) is 0.300. The van der Waals surface area contributed by atoms with E-state index in [-0.39, 0.29) is 5.91 Å². The second-order valence-corrected chi connectivity index (χ2v) is 3.66. The van der Waals surface area contributed by atoms with Gasteiger partial charge in [-0.1, -0.05) is 23.7 Å². The van der Waals surface area contributed by atoms with Crippen molar-refractivity contribution < 1.29 is 4.79 Å². The third-order valence-electron chi connectivity index (χ3n) is 1.69. The number of carbonyl (C=O) groups excluding carboxylic acids is 1. The third-order valence-corrected chi connectivity index (χ3v) is 2.14. The van der Waals surface area contributed by atoms with E-state index in [1.165, 1.54) is 0 Å². The molecule has 4 heteroatoms. The summed E-state index contributed by atoms with van der Waals surface area (Å²) in [7, 11) is 0. The predicted molar refractivity (Wildman–Crippen MR) is 58.9 cm³/mol. The molecule has 1 amide bonds. The van der Waals surface area contributed by atoms with Crippen molar-refractivity contribution in [3.05, 3.63) is 34.9 Å². The van der Waals surface area contributed by atoms with Crippen molar-refractivity contribution in [2.45, 2.75) is 6.42 Å². The van der Waals surface area contributed by atoms with Crippen molar-refractivity contribution in [2.24, 2.45) is 0 Å². The predicted octanol–water partition coefficient (Wildman–Crippen LogP) is 2.24. The number of rotatable bonds is 4. The second-order valence-electron chi connectivity index (χ2n) is 2.84. The molecule has 14 heavy (non-hydrogen) atoms. The molecule has 1 aromatic rings. The van der Waals surface area contributed by atoms with Crippen molar-refractivity contribution in [1.29, 1.82) is 0 Å². The molecule has 0 spiro atoms. The highest BCUT2D eigenvalue weighted by Gasteiger charge is 2.01. The van der Waals surface area contributed by atoms with Crippen molar-refractivity contribution >= 4 is 29.1 Å². The van der Waals surface area contributed by atoms with E-state index in [1.807, 2.05) is 12.1 Å². The molecule has 0 unspecified atom stereocenters. The molecule has 0 heterocycles. The lowest BCUT2D eigenvalue weighted by Crippen LogP contribution is -2.26. The van der Waals surface area contributed by atoms with Gasteiger partial charge in [-0.25, -0.2) is 0 Å². The van der Waals surface area contributed by atoms with Gasteiger partial charge in [0.05, 0.1) is 6.42 Å². The molecule has 0 bridgehead atoms. The molecule has 0 radical (unpaired) electrons. The highest BCUT2D eigenvalue weighted by atomic mass is 35.5. The summed E-state index contributed by atoms with van der Waals surface area (Å²) in [6, 6.07) is 7.21. The van der Waals surface area contributed by atoms with Crippen molar-refractivity contribution in [2.75, 3.05) is 12.4 Å². The monoisotopic (exact) mass is 231 g/mol. The summed E-state index contributed by atoms with van der Waals surface area (Å²) in [4.78, 5) is 11.3. The Hall–Kier alpha value is -0.730. The van der Waals surface area contributed by atoms with E-state index in [0.717, 1.165) is 5.56 Å². The lowest BCUT2D eigenvalue weighted by Gasteiger charge is -2.02. The largest absolute Gasteiger partial charge is 0.355 e. The molecular formula is C10H11Cl2NO. The van der Waals surface area contributed by atoms with Crippen LogP contribution in [0.4, 0.5) is 0 Å². The van der Waals surface area contributed by atoms with Crippen molar-refractivity contribution in [3.8, 4) is 0 Å². The number of hydrogen-bond donors (Lipinski definition) is 1. The van der Waals surface area contributed by atoms with Crippen LogP contribution in [0.15, 0.2) is 24.3 Å². The summed E-state index contributed by atoms with van der Waals surface area (Å²) >= 11 is 11.2. The zero-order valence-corrected chi connectivity index (χ0v) is 9.11. The summed E-state index contributed by atoms with van der Waals surface area (Å²) in [6.45, 7) is 0.508. The zero-order valence-electron chi connectivity index (χ0n) is 7.59. The van der Waals surface area contributed by atoms with Crippen LogP contribution in [0.2, 0.25) is 5.02 Å². The summed E-state index contributed by atoms with van der Waals surface area (Å²) in [5.41, 5.74) is 0.946. The average Bonchev–Trinajstić information content (AvgIpc) is 2.18. The first kappa shape index (κ1) is 11.3. The van der Waals surface area contributed by atoms with Gasteiger partial charge >= 0.3 is 0 Å². The van der Waals surface area contributed by atoms with Crippen molar-refractivity contribution in [1.82, 2.24) is 5.32 Å². The fourth-order valence-electron chi connectivity index (χ4n) is 1.04. The van der Waals surface area contributed by atoms with Gasteiger partial charge in [0, 0.05) is 17.4 Å². The smallest absolute Gasteiger partial charge is 0.224 e. The maximum Gasteiger partial charge on any atom is 0.224 e. The first-order valence-corrected chi connectivity index (χ1v) is 5.20. The first-order valence-electron chi connectivity index (χ1n) is 4.29. The van der Waals surface area contributed by atoms with Gasteiger partial charge < -0.3 is 5.32 Å². The molecule has 2 nitrogen and oxygen atoms in total. The molecule has 0 aliphatic carbocycles. The Balaban J connectivity index is 2.44. The van der Waals surface area contributed by atoms with Gasteiger partial charge in [0.2, 0.25) is 5.91 Å². The van der Waals surface area contributed by atoms with Gasteiger partial charge in [-0.05, 0) is 17.7 Å². The minimum atomic E-state index is -0.0204. The Labute approximate surface area is 93.2 Å². The topological polar surface area (TPSA) is 29.1 Å². The zero-order chi connectivity index (χ0) is 10.4. The lowest BCUT2D eigenvalue weighted by molar-refractivity contribution is -0.120. The minimum Gasteiger partial charge on any atom is -0.355 e. The highest BCUT2D eigenvalue weighted by molar-refractivity contribution is 6.30. The summed E-state index contributed by atoms with van der Waals surface area (Å²) in [5.74, 6) is 0.416. The first-order chi connectivity index (χ1) is 6.72. The van der Waals surface area contributed by atoms with E-state index in [0.29, 0.717) is 23.9 Å². The number of amides is 1. The Morgan fingerprint density at radius 2 is 1.93 bits per heavy atom. The van der Waals surface area contributed by atoms with Crippen LogP contribution in [0.25, 0.3) is 0 Å². The van der Waals surface area contributed by atoms with Crippen LogP contribution >= 0.6 is 23.2 Å². The van der Waals surface area contributed by atoms with Gasteiger partial charge in [0.15, 0.2) is 0 Å². The molecule has 0 atom stereocenters. The van der Waals surface area contributed by atoms with Crippen LogP contribution < -0.4 is 5.32 Å². The van der Waals surface area contributed by atoms with E-state index in [9.17, 15) is 4.79 Å². The Morgan fingerprint density at radius 3 is 2.50 bits per heavy atom. The van der Waals surface area contributed by atoms with Crippen molar-refractivity contribution in [3.63, 3.8) is 0 Å². The van der Waals surface area contributed by atoms with E-state index < -0.39 is 0 Å². The second kappa shape index (κ2) is 5.89. The van der Waals surface area contributed by atoms with Crippen LogP contribution in [0.5, 0.6) is 0 Å². The highest BCUT2D eigenvalue weighted by Crippen LogP contribution is 2.09. The Morgan fingerprint density at radius 1 is 1.29 bits per heavy atom. The molecule has 1 rings (SSSR count). The number of halogens is 2. The van der Waals surface area contributed by atoms with Gasteiger partial charge in [0.1, 0.15) is 0 Å². The van der Waals surface area contributed by atoms with Crippen LogP contribution in [0, 0.1) is 0 Å². The maximum atomic E-state index is 11.3. The molecule has 0 aromatic heterocycles. The SMILES string of the molecule is O=C(Cc1ccc(Cl)cc1)NCCCl. The van der Waals surface area contributed by atoms with Gasteiger partial charge in [0.25, 0.3) is 0 Å². The molecule has 0 aliphatic rings. The van der Waals surface area contributed by atoms with Gasteiger partial charge in [-0.2, -0.15) is 0 Å². The molecule has 0 saturated carbocycles. The molecular weight excluding hydrogens is 221 g/mol. The number of nitrogens with one attached hydrogen (secondary N) is 1. The molecule has 76 valence electrons. The van der Waals surface area contributed by atoms with E-state index in [2.05, 4.69) is 5.32 Å². The number of alkyl halides is 1. The summed E-state index contributed by atoms with van der Waals surface area (Å²) in [5, 5.41) is 3.37. The lowest BCUT2D eigenvalue weighted by atomic mass is 10.1. The quantitative estimate of drug-likeness (QED) is 0.792. The number of carbonyl (C=O) groups is 1. The Bertz CT molecular complexity index is 297. The Kier molecular flexibility index (Phi) is 4.77. The maximum absolute atomic E-state index is 11.3. The average molecular weight is 232 g/mol. The van der Waals surface area contributed by atoms with Crippen LogP contribution in [0.1, 0.15) is 5.56 Å². The van der Waals surface area contributed by atoms with Gasteiger partial charge in [-0.3, -0.25) is 4.79 Å². The normalized spacial score (nSPS) is 9.86. The molecule has 0 saturated heterocycles. The van der Waals surface area contributed by atoms with Gasteiger partial charge in [-0.15, -0.1) is 11.6 Å². The molecule has 0 aliphatic heterocycles. The minimum absolute atomic E-state index is 0.0204. The summed E-state index contributed by atoms with van der Waals surface area (Å²) in [6.07, 6.45) is 0.369. The number of hydrogen-bond acceptors (Lipinski definition) is 1. The van der Waals surface area contributed by atoms with Crippen LogP contribution in [-0.2, 0) is 11.2 Å². The standard InChI is InChI=1S/C10H11Cl2NO/c11-5-6-13-10(14)7-8-1-3-9(12)4-2-8/h1-4H,5-7H2,(H,13,14). The fourth-order valence-corrected chi connectivity index (χ4v) is 1.26. The van der Waals surface area contributed by atoms with Crippen LogP contribution in [-0.4, -0.2) is 18.3 Å². The summed E-state index contributed by atoms with van der Waals surface area (Å²) < 4.78 is 0. The van der Waals surface area contributed by atoms with E-state index >= 15 is 0 Å². The molecule has 0 fully saturated rings. The number of benzene rings is 1.